The van der Waals surface area contributed by atoms with Gasteiger partial charge in [-0.2, -0.15) is 0 Å². The van der Waals surface area contributed by atoms with Gasteiger partial charge in [-0.3, -0.25) is 9.59 Å². The number of ether oxygens (including phenoxy) is 2. The highest BCUT2D eigenvalue weighted by Crippen LogP contribution is 2.79. The lowest BCUT2D eigenvalue weighted by Crippen LogP contribution is -2.81. The van der Waals surface area contributed by atoms with Gasteiger partial charge in [0.15, 0.2) is 11.6 Å². The maximum absolute atomic E-state index is 16.5. The maximum atomic E-state index is 16.5. The van der Waals surface area contributed by atoms with E-state index in [1.54, 1.807) is 24.3 Å². The van der Waals surface area contributed by atoms with Gasteiger partial charge in [0.05, 0.1) is 42.0 Å². The summed E-state index contributed by atoms with van der Waals surface area (Å²) in [7, 11) is 2.91. The van der Waals surface area contributed by atoms with Gasteiger partial charge in [0.2, 0.25) is 6.29 Å². The summed E-state index contributed by atoms with van der Waals surface area (Å²) in [5.41, 5.74) is -3.64. The summed E-state index contributed by atoms with van der Waals surface area (Å²) in [6, 6.07) is 12.2. The van der Waals surface area contributed by atoms with Crippen LogP contribution in [0.4, 0.5) is 0 Å². The zero-order valence-electron chi connectivity index (χ0n) is 44.9. The van der Waals surface area contributed by atoms with Crippen LogP contribution in [0.2, 0.25) is 0 Å². The third kappa shape index (κ3) is 7.65. The first kappa shape index (κ1) is 53.1. The van der Waals surface area contributed by atoms with Crippen LogP contribution in [-0.2, 0) is 22.6 Å². The molecular weight excluding hydrogens is 1040 g/mol. The highest BCUT2D eigenvalue weighted by atomic mass is 33.1. The number of aliphatic hydroxyl groups excluding tert-OH is 5. The molecule has 6 saturated carbocycles. The van der Waals surface area contributed by atoms with Gasteiger partial charge in [-0.1, -0.05) is 96.2 Å². The minimum absolute atomic E-state index is 0.00814. The molecule has 15 unspecified atom stereocenters. The summed E-state index contributed by atoms with van der Waals surface area (Å²) in [5, 5.41) is 93.8. The Labute approximate surface area is 469 Å². The number of rotatable bonds is 8. The zero-order chi connectivity index (χ0) is 54.5. The van der Waals surface area contributed by atoms with Crippen molar-refractivity contribution in [3.8, 4) is 5.75 Å². The third-order valence-electron chi connectivity index (χ3n) is 23.0. The number of carbonyl (C=O) groups is 3. The Morgan fingerprint density at radius 2 is 1.66 bits per heavy atom. The van der Waals surface area contributed by atoms with E-state index in [4.69, 9.17) is 9.47 Å². The number of aliphatic hydroxyl groups is 7. The van der Waals surface area contributed by atoms with Gasteiger partial charge in [0.25, 0.3) is 0 Å². The Morgan fingerprint density at radius 1 is 0.873 bits per heavy atom. The average molecular weight is 1120 g/mol. The van der Waals surface area contributed by atoms with E-state index in [2.05, 4.69) is 16.7 Å². The lowest BCUT2D eigenvalue weighted by Gasteiger charge is -2.65. The summed E-state index contributed by atoms with van der Waals surface area (Å²) in [5.74, 6) is -2.62. The fourth-order valence-corrected chi connectivity index (χ4v) is 22.8. The van der Waals surface area contributed by atoms with Crippen molar-refractivity contribution >= 4 is 39.4 Å². The molecule has 3 heterocycles. The molecule has 422 valence electrons. The second kappa shape index (κ2) is 19.0. The van der Waals surface area contributed by atoms with Crippen LogP contribution in [0.15, 0.2) is 89.0 Å². The maximum Gasteiger partial charge on any atom is 0.229 e. The van der Waals surface area contributed by atoms with E-state index in [0.29, 0.717) is 62.1 Å². The molecule has 3 aliphatic heterocycles. The normalized spacial score (nSPS) is 42.1. The molecule has 10 aliphatic carbocycles. The first-order valence-corrected chi connectivity index (χ1v) is 31.9. The first-order chi connectivity index (χ1) is 38.1. The van der Waals surface area contributed by atoms with Crippen LogP contribution in [0.3, 0.4) is 0 Å². The van der Waals surface area contributed by atoms with E-state index in [-0.39, 0.29) is 76.6 Å². The van der Waals surface area contributed by atoms with E-state index < -0.39 is 81.4 Å². The second-order valence-electron chi connectivity index (χ2n) is 26.8. The van der Waals surface area contributed by atoms with Crippen LogP contribution in [0.5, 0.6) is 5.75 Å². The number of hydrogen-bond donors (Lipinski definition) is 9. The molecular formula is C63H76N2O12S2. The first-order valence-electron chi connectivity index (χ1n) is 29.5. The third-order valence-corrected chi connectivity index (χ3v) is 25.7. The minimum atomic E-state index is -2.34. The van der Waals surface area contributed by atoms with Crippen LogP contribution < -0.4 is 15.4 Å². The van der Waals surface area contributed by atoms with Crippen molar-refractivity contribution in [2.75, 3.05) is 19.0 Å². The van der Waals surface area contributed by atoms with Gasteiger partial charge in [-0.15, -0.1) is 0 Å². The lowest BCUT2D eigenvalue weighted by atomic mass is 9.46. The summed E-state index contributed by atoms with van der Waals surface area (Å²) >= 11 is 0. The number of ketones is 2. The number of dihydropyridines is 1. The Bertz CT molecular complexity index is 3000. The molecule has 2 aromatic rings. The Balaban J connectivity index is 0.932. The molecule has 10 bridgehead atoms. The van der Waals surface area contributed by atoms with Gasteiger partial charge < -0.3 is 60.6 Å². The van der Waals surface area contributed by atoms with Crippen molar-refractivity contribution in [2.45, 2.75) is 169 Å². The van der Waals surface area contributed by atoms with Crippen molar-refractivity contribution in [2.24, 2.45) is 57.2 Å². The molecule has 9 N–H and O–H groups in total. The molecule has 2 aromatic carbocycles. The van der Waals surface area contributed by atoms with E-state index in [9.17, 15) is 40.5 Å². The standard InChI is InChI=1S/C63H76N2O12S2/c66-29-36-9-6-8-35(18-36)19-37-20-45-51(70)42-10-7-11-46-50(42)53(71)62(45,47(69)21-37)48(12-17-59(74)15-2-1-3-16-59)79-78-34-65-49-24-44-43(28-64-49)38-22-39-25-60(33-68)56(73)63(75,54(72)55(76-46)77-60)52(39)61(44)32-58(27-40(61)23-38)31-57(13-4-5-14-57)26-41(58)30-67/h6-11,18,20-21,24,30,38-41,45,48,52,54-56,64-66,68-69,72-75H,1-5,12-17,19,22-23,25-29,31-34H2. The average Bonchev–Trinajstić information content (AvgIpc) is 3.45. The van der Waals surface area contributed by atoms with Gasteiger partial charge in [0, 0.05) is 34.6 Å². The molecule has 14 nitrogen and oxygen atoms in total. The van der Waals surface area contributed by atoms with Gasteiger partial charge in [-0.25, -0.2) is 0 Å². The number of aldehydes is 1. The Kier molecular flexibility index (Phi) is 12.8. The number of hydrogen-bond acceptors (Lipinski definition) is 16. The number of allylic oxidation sites excluding steroid dienone is 6. The topological polar surface area (TPSA) is 235 Å². The van der Waals surface area contributed by atoms with Crippen LogP contribution in [-0.4, -0.2) is 113 Å². The summed E-state index contributed by atoms with van der Waals surface area (Å²) in [6.45, 7) is -0.325. The predicted octanol–water partition coefficient (Wildman–Crippen LogP) is 7.84. The Morgan fingerprint density at radius 3 is 2.44 bits per heavy atom. The van der Waals surface area contributed by atoms with Crippen molar-refractivity contribution in [1.82, 2.24) is 10.6 Å². The molecule has 1 saturated heterocycles. The summed E-state index contributed by atoms with van der Waals surface area (Å²) in [6.07, 6.45) is 15.5. The molecule has 0 radical (unpaired) electrons. The van der Waals surface area contributed by atoms with E-state index >= 15 is 9.59 Å². The molecule has 13 aliphatic rings. The smallest absolute Gasteiger partial charge is 0.229 e. The van der Waals surface area contributed by atoms with Crippen molar-refractivity contribution < 1.29 is 59.6 Å². The number of carbonyl (C=O) groups excluding carboxylic acids is 3. The molecule has 15 atom stereocenters. The molecule has 16 heteroatoms. The number of Topliss-reactive ketones (excluding diaryl/α,β-unsaturated/α-hetero) is 2. The Hall–Kier alpha value is -3.97. The molecule has 7 fully saturated rings. The SMILES string of the molecule is O=CC1CC2(CCCC2)CC12CC1CC3CC4CC5(CO)OC6Oc7cccc8c7C(=O)C7(C(O)=CC(Cc9cccc(CO)c9)=CC7C8=O)C(CCC7(O)CCCCC7)SSCNC7=CC(=C3CN7)C1(C2)C4C(O)(C6O)C5O. The van der Waals surface area contributed by atoms with Crippen molar-refractivity contribution in [3.05, 3.63) is 111 Å². The lowest BCUT2D eigenvalue weighted by molar-refractivity contribution is -0.392. The zero-order valence-corrected chi connectivity index (χ0v) is 46.5. The summed E-state index contributed by atoms with van der Waals surface area (Å²) < 4.78 is 13.6. The predicted molar refractivity (Wildman–Crippen MR) is 297 cm³/mol. The van der Waals surface area contributed by atoms with Gasteiger partial charge >= 0.3 is 0 Å². The monoisotopic (exact) mass is 1120 g/mol. The minimum Gasteiger partial charge on any atom is -0.511 e. The van der Waals surface area contributed by atoms with Gasteiger partial charge in [0.1, 0.15) is 46.6 Å². The highest BCUT2D eigenvalue weighted by Gasteiger charge is 2.79. The molecule has 79 heavy (non-hydrogen) atoms. The largest absolute Gasteiger partial charge is 0.511 e. The fraction of sp³-hybridized carbons (Fsp3) is 0.635. The van der Waals surface area contributed by atoms with Crippen molar-refractivity contribution in [3.63, 3.8) is 0 Å². The van der Waals surface area contributed by atoms with E-state index in [0.717, 1.165) is 87.6 Å². The quantitative estimate of drug-likeness (QED) is 0.0905. The molecule has 15 rings (SSSR count). The second-order valence-corrected chi connectivity index (χ2v) is 29.4. The highest BCUT2D eigenvalue weighted by molar-refractivity contribution is 8.76. The fourth-order valence-electron chi connectivity index (χ4n) is 20.0. The van der Waals surface area contributed by atoms with E-state index in [1.165, 1.54) is 39.5 Å². The number of nitrogens with one attached hydrogen (secondary N) is 2. The summed E-state index contributed by atoms with van der Waals surface area (Å²) in [4.78, 5) is 45.7. The molecule has 4 spiro atoms. The molecule has 0 amide bonds. The van der Waals surface area contributed by atoms with Crippen LogP contribution in [0, 0.1) is 57.2 Å². The number of benzene rings is 2. The van der Waals surface area contributed by atoms with Crippen LogP contribution in [0.1, 0.15) is 147 Å². The van der Waals surface area contributed by atoms with Crippen LogP contribution >= 0.6 is 21.6 Å². The molecule has 0 aromatic heterocycles. The van der Waals surface area contributed by atoms with Gasteiger partial charge in [-0.05, 0) is 165 Å². The van der Waals surface area contributed by atoms with Crippen LogP contribution in [0.25, 0.3) is 0 Å². The van der Waals surface area contributed by atoms with Crippen molar-refractivity contribution in [1.29, 1.82) is 0 Å². The van der Waals surface area contributed by atoms with E-state index in [1.807, 2.05) is 24.3 Å². The number of fused-ring (bicyclic) bond motifs is 2.